The quantitative estimate of drug-likeness (QED) is 0.744. The predicted molar refractivity (Wildman–Crippen MR) is 70.1 cm³/mol. The van der Waals surface area contributed by atoms with E-state index in [2.05, 4.69) is 15.6 Å². The van der Waals surface area contributed by atoms with Crippen molar-refractivity contribution in [1.29, 1.82) is 0 Å². The summed E-state index contributed by atoms with van der Waals surface area (Å²) in [6, 6.07) is 0.323. The first-order valence-electron chi connectivity index (χ1n) is 7.32. The van der Waals surface area contributed by atoms with Gasteiger partial charge in [0, 0.05) is 32.1 Å². The van der Waals surface area contributed by atoms with Crippen molar-refractivity contribution in [3.63, 3.8) is 0 Å². The lowest BCUT2D eigenvalue weighted by Crippen LogP contribution is -2.43. The SMILES string of the molecule is O=C(c1cn(C2CNC2)nn1)N1CC2CCC(O)C2C1. The van der Waals surface area contributed by atoms with E-state index >= 15 is 0 Å². The van der Waals surface area contributed by atoms with E-state index in [4.69, 9.17) is 0 Å². The number of fused-ring (bicyclic) bond motifs is 1. The third-order valence-electron chi connectivity index (χ3n) is 4.97. The molecule has 108 valence electrons. The molecule has 1 aliphatic carbocycles. The molecular formula is C13H19N5O2. The summed E-state index contributed by atoms with van der Waals surface area (Å²) in [5.41, 5.74) is 0.423. The monoisotopic (exact) mass is 277 g/mol. The number of carbonyl (C=O) groups is 1. The second kappa shape index (κ2) is 4.53. The largest absolute Gasteiger partial charge is 0.393 e. The molecule has 1 aromatic rings. The lowest BCUT2D eigenvalue weighted by Gasteiger charge is -2.26. The summed E-state index contributed by atoms with van der Waals surface area (Å²) < 4.78 is 1.77. The van der Waals surface area contributed by atoms with E-state index in [-0.39, 0.29) is 17.9 Å². The fourth-order valence-corrected chi connectivity index (χ4v) is 3.58. The van der Waals surface area contributed by atoms with Crippen LogP contribution in [-0.4, -0.2) is 63.2 Å². The molecule has 1 aromatic heterocycles. The summed E-state index contributed by atoms with van der Waals surface area (Å²) >= 11 is 0. The van der Waals surface area contributed by atoms with Crippen LogP contribution in [0.4, 0.5) is 0 Å². The number of likely N-dealkylation sites (tertiary alicyclic amines) is 1. The highest BCUT2D eigenvalue weighted by Gasteiger charge is 2.43. The molecule has 0 radical (unpaired) electrons. The molecule has 3 unspecified atom stereocenters. The van der Waals surface area contributed by atoms with Gasteiger partial charge in [-0.05, 0) is 18.8 Å². The maximum Gasteiger partial charge on any atom is 0.276 e. The summed E-state index contributed by atoms with van der Waals surface area (Å²) in [5, 5.41) is 21.1. The van der Waals surface area contributed by atoms with E-state index in [0.717, 1.165) is 32.5 Å². The van der Waals surface area contributed by atoms with Crippen molar-refractivity contribution >= 4 is 5.91 Å². The minimum absolute atomic E-state index is 0.0508. The number of carbonyl (C=O) groups excluding carboxylic acids is 1. The van der Waals surface area contributed by atoms with Gasteiger partial charge in [-0.15, -0.1) is 5.10 Å². The molecule has 0 aromatic carbocycles. The molecule has 1 amide bonds. The maximum atomic E-state index is 12.4. The molecule has 1 saturated carbocycles. The summed E-state index contributed by atoms with van der Waals surface area (Å²) in [5.74, 6) is 0.662. The Morgan fingerprint density at radius 3 is 2.90 bits per heavy atom. The second-order valence-corrected chi connectivity index (χ2v) is 6.17. The normalized spacial score (nSPS) is 33.2. The van der Waals surface area contributed by atoms with Gasteiger partial charge >= 0.3 is 0 Å². The number of hydrogen-bond donors (Lipinski definition) is 2. The van der Waals surface area contributed by atoms with Gasteiger partial charge in [-0.3, -0.25) is 4.79 Å². The molecule has 2 saturated heterocycles. The Bertz CT molecular complexity index is 527. The number of aliphatic hydroxyl groups is 1. The smallest absolute Gasteiger partial charge is 0.276 e. The molecule has 2 aliphatic heterocycles. The molecule has 0 bridgehead atoms. The molecule has 20 heavy (non-hydrogen) atoms. The van der Waals surface area contributed by atoms with E-state index in [9.17, 15) is 9.90 Å². The van der Waals surface area contributed by atoms with Crippen molar-refractivity contribution < 1.29 is 9.90 Å². The van der Waals surface area contributed by atoms with Crippen LogP contribution in [0.3, 0.4) is 0 Å². The summed E-state index contributed by atoms with van der Waals surface area (Å²) in [4.78, 5) is 14.3. The fourth-order valence-electron chi connectivity index (χ4n) is 3.58. The first-order chi connectivity index (χ1) is 9.72. The van der Waals surface area contributed by atoms with Gasteiger partial charge in [-0.25, -0.2) is 4.68 Å². The van der Waals surface area contributed by atoms with Gasteiger partial charge in [-0.2, -0.15) is 0 Å². The van der Waals surface area contributed by atoms with E-state index < -0.39 is 0 Å². The van der Waals surface area contributed by atoms with Crippen LogP contribution in [0.15, 0.2) is 6.20 Å². The van der Waals surface area contributed by atoms with Crippen LogP contribution in [0, 0.1) is 11.8 Å². The summed E-state index contributed by atoms with van der Waals surface area (Å²) in [7, 11) is 0. The lowest BCUT2D eigenvalue weighted by molar-refractivity contribution is 0.0746. The van der Waals surface area contributed by atoms with Crippen LogP contribution in [-0.2, 0) is 0 Å². The van der Waals surface area contributed by atoms with Crippen molar-refractivity contribution in [2.24, 2.45) is 11.8 Å². The highest BCUT2D eigenvalue weighted by molar-refractivity contribution is 5.92. The van der Waals surface area contributed by atoms with Crippen LogP contribution in [0.5, 0.6) is 0 Å². The second-order valence-electron chi connectivity index (χ2n) is 6.17. The van der Waals surface area contributed by atoms with Crippen molar-refractivity contribution in [2.75, 3.05) is 26.2 Å². The minimum atomic E-state index is -0.241. The van der Waals surface area contributed by atoms with Crippen molar-refractivity contribution in [3.8, 4) is 0 Å². The number of amides is 1. The van der Waals surface area contributed by atoms with Crippen LogP contribution < -0.4 is 5.32 Å². The minimum Gasteiger partial charge on any atom is -0.393 e. The summed E-state index contributed by atoms with van der Waals surface area (Å²) in [6.45, 7) is 3.18. The number of nitrogens with zero attached hydrogens (tertiary/aromatic N) is 4. The van der Waals surface area contributed by atoms with Crippen LogP contribution in [0.2, 0.25) is 0 Å². The Balaban J connectivity index is 1.46. The van der Waals surface area contributed by atoms with Crippen LogP contribution in [0.1, 0.15) is 29.4 Å². The first-order valence-corrected chi connectivity index (χ1v) is 7.32. The summed E-state index contributed by atoms with van der Waals surface area (Å²) in [6.07, 6.45) is 3.41. The van der Waals surface area contributed by atoms with E-state index in [1.807, 2.05) is 4.90 Å². The topological polar surface area (TPSA) is 83.3 Å². The number of nitrogens with one attached hydrogen (secondary N) is 1. The van der Waals surface area contributed by atoms with Gasteiger partial charge in [0.2, 0.25) is 0 Å². The number of rotatable bonds is 2. The standard InChI is InChI=1S/C13H19N5O2/c19-12-2-1-8-5-17(6-10(8)12)13(20)11-7-18(16-15-11)9-3-14-4-9/h7-10,12,14,19H,1-6H2. The zero-order chi connectivity index (χ0) is 13.7. The van der Waals surface area contributed by atoms with Crippen molar-refractivity contribution in [2.45, 2.75) is 25.0 Å². The average molecular weight is 277 g/mol. The molecule has 2 N–H and O–H groups in total. The van der Waals surface area contributed by atoms with Gasteiger partial charge in [0.05, 0.1) is 18.3 Å². The van der Waals surface area contributed by atoms with Gasteiger partial charge in [-0.1, -0.05) is 5.21 Å². The van der Waals surface area contributed by atoms with E-state index in [0.29, 0.717) is 24.2 Å². The Morgan fingerprint density at radius 2 is 2.20 bits per heavy atom. The van der Waals surface area contributed by atoms with Crippen molar-refractivity contribution in [1.82, 2.24) is 25.2 Å². The fraction of sp³-hybridized carbons (Fsp3) is 0.769. The van der Waals surface area contributed by atoms with Gasteiger partial charge in [0.1, 0.15) is 0 Å². The molecule has 3 atom stereocenters. The average Bonchev–Trinajstić information content (AvgIpc) is 3.04. The van der Waals surface area contributed by atoms with Crippen molar-refractivity contribution in [3.05, 3.63) is 11.9 Å². The van der Waals surface area contributed by atoms with Crippen LogP contribution >= 0.6 is 0 Å². The third kappa shape index (κ3) is 1.84. The zero-order valence-corrected chi connectivity index (χ0v) is 11.3. The molecule has 7 heteroatoms. The van der Waals surface area contributed by atoms with E-state index in [1.165, 1.54) is 0 Å². The molecule has 0 spiro atoms. The highest BCUT2D eigenvalue weighted by Crippen LogP contribution is 2.38. The number of aliphatic hydroxyl groups excluding tert-OH is 1. The highest BCUT2D eigenvalue weighted by atomic mass is 16.3. The first kappa shape index (κ1) is 12.3. The maximum absolute atomic E-state index is 12.4. The molecule has 7 nitrogen and oxygen atoms in total. The molecular weight excluding hydrogens is 258 g/mol. The molecule has 3 aliphatic rings. The number of aromatic nitrogens is 3. The Morgan fingerprint density at radius 1 is 1.35 bits per heavy atom. The Kier molecular flexibility index (Phi) is 2.78. The zero-order valence-electron chi connectivity index (χ0n) is 11.3. The van der Waals surface area contributed by atoms with Crippen LogP contribution in [0.25, 0.3) is 0 Å². The van der Waals surface area contributed by atoms with Gasteiger partial charge < -0.3 is 15.3 Å². The van der Waals surface area contributed by atoms with Gasteiger partial charge in [0.15, 0.2) is 5.69 Å². The Hall–Kier alpha value is -1.47. The predicted octanol–water partition coefficient (Wildman–Crippen LogP) is -0.735. The molecule has 3 fully saturated rings. The number of hydrogen-bond acceptors (Lipinski definition) is 5. The molecule has 3 heterocycles. The third-order valence-corrected chi connectivity index (χ3v) is 4.97. The van der Waals surface area contributed by atoms with Gasteiger partial charge in [0.25, 0.3) is 5.91 Å². The Labute approximate surface area is 116 Å². The van der Waals surface area contributed by atoms with E-state index in [1.54, 1.807) is 10.9 Å². The lowest BCUT2D eigenvalue weighted by atomic mass is 10.00. The molecule has 4 rings (SSSR count).